The van der Waals surface area contributed by atoms with Gasteiger partial charge in [0.15, 0.2) is 11.5 Å². The molecule has 3 aromatic rings. The fourth-order valence-electron chi connectivity index (χ4n) is 1.96. The summed E-state index contributed by atoms with van der Waals surface area (Å²) in [5.74, 6) is 0.628. The normalized spacial score (nSPS) is 10.7. The molecule has 18 heavy (non-hydrogen) atoms. The number of aryl methyl sites for hydroxylation is 2. The van der Waals surface area contributed by atoms with Crippen LogP contribution >= 0.6 is 0 Å². The molecule has 0 fully saturated rings. The lowest BCUT2D eigenvalue weighted by atomic mass is 10.1. The number of benzene rings is 1. The Bertz CT molecular complexity index is 776. The minimum atomic E-state index is 0.533. The Labute approximate surface area is 103 Å². The van der Waals surface area contributed by atoms with E-state index in [1.807, 2.05) is 18.2 Å². The number of nitriles is 1. The molecular weight excluding hydrogens is 228 g/mol. The first-order chi connectivity index (χ1) is 8.69. The zero-order valence-electron chi connectivity index (χ0n) is 10.0. The van der Waals surface area contributed by atoms with E-state index in [9.17, 15) is 0 Å². The average Bonchev–Trinajstić information content (AvgIpc) is 2.89. The Balaban J connectivity index is 2.22. The summed E-state index contributed by atoms with van der Waals surface area (Å²) in [4.78, 5) is 8.49. The molecule has 2 aromatic heterocycles. The van der Waals surface area contributed by atoms with E-state index in [1.165, 1.54) is 0 Å². The van der Waals surface area contributed by atoms with Gasteiger partial charge in [-0.2, -0.15) is 5.26 Å². The molecule has 2 heterocycles. The Kier molecular flexibility index (Phi) is 2.17. The van der Waals surface area contributed by atoms with Gasteiger partial charge in [-0.1, -0.05) is 6.07 Å². The van der Waals surface area contributed by atoms with E-state index < -0.39 is 0 Å². The highest BCUT2D eigenvalue weighted by Crippen LogP contribution is 2.25. The molecular formula is C13H10N4O. The number of imidazole rings is 1. The van der Waals surface area contributed by atoms with Gasteiger partial charge in [-0.15, -0.1) is 0 Å². The average molecular weight is 238 g/mol. The van der Waals surface area contributed by atoms with E-state index in [2.05, 4.69) is 16.0 Å². The SMILES string of the molecule is Cc1nc2ccc(-c3ncn(C)c3C#N)cc2o1. The van der Waals surface area contributed by atoms with Gasteiger partial charge >= 0.3 is 0 Å². The smallest absolute Gasteiger partial charge is 0.192 e. The summed E-state index contributed by atoms with van der Waals surface area (Å²) in [5, 5.41) is 9.12. The van der Waals surface area contributed by atoms with Crippen molar-refractivity contribution >= 4 is 11.1 Å². The van der Waals surface area contributed by atoms with Crippen LogP contribution in [-0.2, 0) is 7.05 Å². The monoisotopic (exact) mass is 238 g/mol. The second-order valence-corrected chi connectivity index (χ2v) is 4.08. The fraction of sp³-hybridized carbons (Fsp3) is 0.154. The van der Waals surface area contributed by atoms with Gasteiger partial charge in [-0.25, -0.2) is 9.97 Å². The number of nitrogens with zero attached hydrogens (tertiary/aromatic N) is 4. The molecule has 0 amide bonds. The lowest BCUT2D eigenvalue weighted by Crippen LogP contribution is -1.90. The van der Waals surface area contributed by atoms with E-state index in [0.29, 0.717) is 22.9 Å². The molecule has 1 aromatic carbocycles. The lowest BCUT2D eigenvalue weighted by Gasteiger charge is -1.98. The van der Waals surface area contributed by atoms with Gasteiger partial charge in [0.1, 0.15) is 23.0 Å². The van der Waals surface area contributed by atoms with Crippen LogP contribution < -0.4 is 0 Å². The maximum Gasteiger partial charge on any atom is 0.192 e. The Morgan fingerprint density at radius 2 is 2.22 bits per heavy atom. The second-order valence-electron chi connectivity index (χ2n) is 4.08. The molecule has 0 unspecified atom stereocenters. The van der Waals surface area contributed by atoms with Crippen molar-refractivity contribution in [1.82, 2.24) is 14.5 Å². The van der Waals surface area contributed by atoms with Crippen LogP contribution in [0.5, 0.6) is 0 Å². The zero-order valence-corrected chi connectivity index (χ0v) is 10.0. The maximum atomic E-state index is 9.12. The van der Waals surface area contributed by atoms with Gasteiger partial charge in [0.05, 0.1) is 6.33 Å². The second kappa shape index (κ2) is 3.70. The third-order valence-corrected chi connectivity index (χ3v) is 2.81. The number of aromatic nitrogens is 3. The third kappa shape index (κ3) is 1.47. The molecule has 3 rings (SSSR count). The number of oxazole rings is 1. The first-order valence-corrected chi connectivity index (χ1v) is 5.48. The molecule has 5 heteroatoms. The Morgan fingerprint density at radius 1 is 1.39 bits per heavy atom. The van der Waals surface area contributed by atoms with Gasteiger partial charge < -0.3 is 8.98 Å². The topological polar surface area (TPSA) is 67.6 Å². The minimum absolute atomic E-state index is 0.533. The van der Waals surface area contributed by atoms with Gasteiger partial charge in [0.25, 0.3) is 0 Å². The summed E-state index contributed by atoms with van der Waals surface area (Å²) < 4.78 is 7.18. The third-order valence-electron chi connectivity index (χ3n) is 2.81. The standard InChI is InChI=1S/C13H10N4O/c1-8-16-10-4-3-9(5-12(10)18-8)13-11(6-14)17(2)7-15-13/h3-5,7H,1-2H3. The van der Waals surface area contributed by atoms with Crippen LogP contribution in [0.3, 0.4) is 0 Å². The predicted molar refractivity (Wildman–Crippen MR) is 65.7 cm³/mol. The Hall–Kier alpha value is -2.61. The predicted octanol–water partition coefficient (Wildman–Crippen LogP) is 2.41. The van der Waals surface area contributed by atoms with Crippen molar-refractivity contribution in [3.63, 3.8) is 0 Å². The summed E-state index contributed by atoms with van der Waals surface area (Å²) in [6.07, 6.45) is 1.63. The van der Waals surface area contributed by atoms with Crippen LogP contribution in [-0.4, -0.2) is 14.5 Å². The molecule has 0 atom stereocenters. The highest BCUT2D eigenvalue weighted by atomic mass is 16.3. The molecule has 0 aliphatic rings. The summed E-state index contributed by atoms with van der Waals surface area (Å²) in [7, 11) is 1.80. The number of hydrogen-bond acceptors (Lipinski definition) is 4. The first kappa shape index (κ1) is 10.5. The lowest BCUT2D eigenvalue weighted by molar-refractivity contribution is 0.561. The van der Waals surface area contributed by atoms with Crippen LogP contribution in [0.25, 0.3) is 22.4 Å². The fourth-order valence-corrected chi connectivity index (χ4v) is 1.96. The molecule has 0 aliphatic carbocycles. The van der Waals surface area contributed by atoms with E-state index in [4.69, 9.17) is 9.68 Å². The zero-order chi connectivity index (χ0) is 12.7. The van der Waals surface area contributed by atoms with E-state index in [0.717, 1.165) is 11.1 Å². The number of fused-ring (bicyclic) bond motifs is 1. The van der Waals surface area contributed by atoms with Crippen molar-refractivity contribution in [2.45, 2.75) is 6.92 Å². The van der Waals surface area contributed by atoms with Crippen LogP contribution in [0.1, 0.15) is 11.6 Å². The van der Waals surface area contributed by atoms with Crippen LogP contribution in [0.2, 0.25) is 0 Å². The van der Waals surface area contributed by atoms with Crippen LogP contribution in [0, 0.1) is 18.3 Å². The highest BCUT2D eigenvalue weighted by molar-refractivity contribution is 5.80. The first-order valence-electron chi connectivity index (χ1n) is 5.48. The quantitative estimate of drug-likeness (QED) is 0.652. The van der Waals surface area contributed by atoms with Crippen molar-refractivity contribution in [3.8, 4) is 17.3 Å². The number of rotatable bonds is 1. The molecule has 0 N–H and O–H groups in total. The van der Waals surface area contributed by atoms with Gasteiger partial charge in [-0.05, 0) is 12.1 Å². The largest absolute Gasteiger partial charge is 0.441 e. The van der Waals surface area contributed by atoms with E-state index in [1.54, 1.807) is 24.9 Å². The summed E-state index contributed by atoms with van der Waals surface area (Å²) in [6, 6.07) is 7.78. The molecule has 5 nitrogen and oxygen atoms in total. The molecule has 0 spiro atoms. The van der Waals surface area contributed by atoms with E-state index in [-0.39, 0.29) is 0 Å². The molecule has 0 aliphatic heterocycles. The van der Waals surface area contributed by atoms with Crippen molar-refractivity contribution in [2.24, 2.45) is 7.05 Å². The summed E-state index contributed by atoms with van der Waals surface area (Å²) >= 11 is 0. The van der Waals surface area contributed by atoms with Gasteiger partial charge in [0, 0.05) is 19.5 Å². The van der Waals surface area contributed by atoms with E-state index >= 15 is 0 Å². The van der Waals surface area contributed by atoms with Gasteiger partial charge in [0.2, 0.25) is 0 Å². The molecule has 0 saturated heterocycles. The van der Waals surface area contributed by atoms with Crippen molar-refractivity contribution in [2.75, 3.05) is 0 Å². The summed E-state index contributed by atoms with van der Waals surface area (Å²) in [6.45, 7) is 1.81. The molecule has 0 radical (unpaired) electrons. The minimum Gasteiger partial charge on any atom is -0.441 e. The molecule has 88 valence electrons. The molecule has 0 saturated carbocycles. The van der Waals surface area contributed by atoms with Crippen molar-refractivity contribution < 1.29 is 4.42 Å². The maximum absolute atomic E-state index is 9.12. The van der Waals surface area contributed by atoms with Crippen molar-refractivity contribution in [1.29, 1.82) is 5.26 Å². The Morgan fingerprint density at radius 3 is 3.00 bits per heavy atom. The summed E-state index contributed by atoms with van der Waals surface area (Å²) in [5.41, 5.74) is 3.57. The van der Waals surface area contributed by atoms with Crippen LogP contribution in [0.15, 0.2) is 28.9 Å². The van der Waals surface area contributed by atoms with Crippen LogP contribution in [0.4, 0.5) is 0 Å². The number of hydrogen-bond donors (Lipinski definition) is 0. The highest BCUT2D eigenvalue weighted by Gasteiger charge is 2.12. The van der Waals surface area contributed by atoms with Gasteiger partial charge in [-0.3, -0.25) is 0 Å². The molecule has 0 bridgehead atoms. The van der Waals surface area contributed by atoms with Crippen molar-refractivity contribution in [3.05, 3.63) is 36.1 Å².